The van der Waals surface area contributed by atoms with Crippen molar-refractivity contribution in [1.82, 2.24) is 19.7 Å². The Morgan fingerprint density at radius 1 is 1.14 bits per heavy atom. The minimum atomic E-state index is -0.0700. The van der Waals surface area contributed by atoms with Gasteiger partial charge in [-0.1, -0.05) is 11.6 Å². The first-order valence-corrected chi connectivity index (χ1v) is 7.16. The van der Waals surface area contributed by atoms with Gasteiger partial charge in [-0.05, 0) is 19.1 Å². The molecule has 1 aliphatic rings. The van der Waals surface area contributed by atoms with Gasteiger partial charge >= 0.3 is 6.03 Å². The Hall–Kier alpha value is -1.82. The number of aromatic nitrogens is 1. The highest BCUT2D eigenvalue weighted by molar-refractivity contribution is 6.29. The molecule has 3 amide bonds. The molecule has 0 unspecified atom stereocenters. The van der Waals surface area contributed by atoms with Crippen LogP contribution in [0.4, 0.5) is 4.79 Å². The van der Waals surface area contributed by atoms with Crippen molar-refractivity contribution < 1.29 is 9.59 Å². The van der Waals surface area contributed by atoms with Crippen molar-refractivity contribution in [3.8, 4) is 0 Å². The van der Waals surface area contributed by atoms with E-state index in [-0.39, 0.29) is 11.9 Å². The summed E-state index contributed by atoms with van der Waals surface area (Å²) in [7, 11) is 3.45. The minimum Gasteiger partial charge on any atom is -0.335 e. The highest BCUT2D eigenvalue weighted by Crippen LogP contribution is 2.14. The first kappa shape index (κ1) is 15.6. The molecular weight excluding hydrogens is 292 g/mol. The van der Waals surface area contributed by atoms with E-state index in [4.69, 9.17) is 11.6 Å². The summed E-state index contributed by atoms with van der Waals surface area (Å²) < 4.78 is 0. The van der Waals surface area contributed by atoms with Gasteiger partial charge in [0.2, 0.25) is 0 Å². The van der Waals surface area contributed by atoms with Crippen LogP contribution < -0.4 is 0 Å². The first-order valence-electron chi connectivity index (χ1n) is 6.78. The van der Waals surface area contributed by atoms with E-state index in [9.17, 15) is 9.59 Å². The van der Waals surface area contributed by atoms with Crippen molar-refractivity contribution in [2.45, 2.75) is 6.92 Å². The van der Waals surface area contributed by atoms with Crippen LogP contribution in [0.25, 0.3) is 0 Å². The van der Waals surface area contributed by atoms with E-state index in [1.54, 1.807) is 47.9 Å². The molecule has 0 atom stereocenters. The highest BCUT2D eigenvalue weighted by Gasteiger charge is 2.25. The largest absolute Gasteiger partial charge is 0.335 e. The molecule has 0 saturated carbocycles. The molecule has 1 aliphatic heterocycles. The fourth-order valence-corrected chi connectivity index (χ4v) is 2.57. The number of carbonyl (C=O) groups is 2. The van der Waals surface area contributed by atoms with Gasteiger partial charge in [-0.15, -0.1) is 0 Å². The number of urea groups is 1. The minimum absolute atomic E-state index is 0.0232. The molecule has 2 rings (SSSR count). The molecule has 7 heteroatoms. The van der Waals surface area contributed by atoms with E-state index in [0.29, 0.717) is 42.6 Å². The number of halogens is 1. The predicted molar refractivity (Wildman–Crippen MR) is 80.5 cm³/mol. The van der Waals surface area contributed by atoms with Gasteiger partial charge in [-0.3, -0.25) is 4.79 Å². The Bertz CT molecular complexity index is 534. The summed E-state index contributed by atoms with van der Waals surface area (Å²) >= 11 is 5.89. The Morgan fingerprint density at radius 2 is 1.71 bits per heavy atom. The van der Waals surface area contributed by atoms with Gasteiger partial charge in [0.05, 0.1) is 0 Å². The molecule has 0 radical (unpaired) electrons. The van der Waals surface area contributed by atoms with Crippen LogP contribution in [-0.4, -0.2) is 71.9 Å². The molecular formula is C14H19ClN4O2. The van der Waals surface area contributed by atoms with E-state index in [2.05, 4.69) is 4.98 Å². The molecule has 0 aromatic carbocycles. The Labute approximate surface area is 129 Å². The molecule has 0 aliphatic carbocycles. The van der Waals surface area contributed by atoms with Crippen LogP contribution in [-0.2, 0) is 0 Å². The normalized spacial score (nSPS) is 15.0. The fourth-order valence-electron chi connectivity index (χ4n) is 2.32. The van der Waals surface area contributed by atoms with Gasteiger partial charge in [0.1, 0.15) is 5.15 Å². The number of pyridine rings is 1. The molecule has 0 N–H and O–H groups in total. The first-order chi connectivity index (χ1) is 9.88. The average molecular weight is 311 g/mol. The number of nitrogens with zero attached hydrogens (tertiary/aromatic N) is 4. The Kier molecular flexibility index (Phi) is 4.67. The summed E-state index contributed by atoms with van der Waals surface area (Å²) in [5.41, 5.74) is 1.26. The number of carbonyl (C=O) groups excluding carboxylic acids is 2. The van der Waals surface area contributed by atoms with E-state index < -0.39 is 0 Å². The molecule has 1 saturated heterocycles. The summed E-state index contributed by atoms with van der Waals surface area (Å²) in [6.07, 6.45) is 0. The second-order valence-electron chi connectivity index (χ2n) is 5.28. The van der Waals surface area contributed by atoms with Crippen LogP contribution in [0.5, 0.6) is 0 Å². The maximum absolute atomic E-state index is 12.4. The smallest absolute Gasteiger partial charge is 0.319 e. The number of rotatable bonds is 1. The van der Waals surface area contributed by atoms with E-state index in [1.165, 1.54) is 0 Å². The summed E-state index contributed by atoms with van der Waals surface area (Å²) in [5.74, 6) is -0.0700. The van der Waals surface area contributed by atoms with Crippen molar-refractivity contribution in [2.75, 3.05) is 40.3 Å². The van der Waals surface area contributed by atoms with Crippen LogP contribution in [0.15, 0.2) is 12.1 Å². The lowest BCUT2D eigenvalue weighted by molar-refractivity contribution is 0.0650. The Balaban J connectivity index is 2.02. The van der Waals surface area contributed by atoms with Crippen LogP contribution >= 0.6 is 11.6 Å². The van der Waals surface area contributed by atoms with Crippen LogP contribution in [0.1, 0.15) is 16.1 Å². The monoisotopic (exact) mass is 310 g/mol. The zero-order chi connectivity index (χ0) is 15.6. The zero-order valence-electron chi connectivity index (χ0n) is 12.5. The Morgan fingerprint density at radius 3 is 2.24 bits per heavy atom. The molecule has 1 fully saturated rings. The summed E-state index contributed by atoms with van der Waals surface area (Å²) in [6.45, 7) is 3.94. The van der Waals surface area contributed by atoms with Gasteiger partial charge in [0.25, 0.3) is 5.91 Å². The highest BCUT2D eigenvalue weighted by atomic mass is 35.5. The second-order valence-corrected chi connectivity index (χ2v) is 5.66. The molecule has 2 heterocycles. The maximum atomic E-state index is 12.4. The quantitative estimate of drug-likeness (QED) is 0.738. The van der Waals surface area contributed by atoms with Crippen molar-refractivity contribution in [1.29, 1.82) is 0 Å². The topological polar surface area (TPSA) is 56.8 Å². The number of piperazine rings is 1. The van der Waals surface area contributed by atoms with Crippen molar-refractivity contribution >= 4 is 23.5 Å². The molecule has 0 spiro atoms. The van der Waals surface area contributed by atoms with E-state index in [1.807, 2.05) is 0 Å². The standard InChI is InChI=1S/C14H19ClN4O2/c1-10-8-11(9-12(15)16-10)13(20)18-4-6-19(7-5-18)14(21)17(2)3/h8-9H,4-7H2,1-3H3. The summed E-state index contributed by atoms with van der Waals surface area (Å²) in [6, 6.07) is 3.28. The average Bonchev–Trinajstić information content (AvgIpc) is 2.44. The second kappa shape index (κ2) is 6.30. The number of hydrogen-bond donors (Lipinski definition) is 0. The lowest BCUT2D eigenvalue weighted by Crippen LogP contribution is -2.52. The molecule has 6 nitrogen and oxygen atoms in total. The van der Waals surface area contributed by atoms with E-state index in [0.717, 1.165) is 0 Å². The van der Waals surface area contributed by atoms with Gasteiger partial charge in [-0.2, -0.15) is 0 Å². The zero-order valence-corrected chi connectivity index (χ0v) is 13.2. The molecule has 0 bridgehead atoms. The van der Waals surface area contributed by atoms with E-state index >= 15 is 0 Å². The van der Waals surface area contributed by atoms with Crippen LogP contribution in [0.2, 0.25) is 5.15 Å². The van der Waals surface area contributed by atoms with Crippen molar-refractivity contribution in [3.05, 3.63) is 28.5 Å². The number of aryl methyl sites for hydroxylation is 1. The fraction of sp³-hybridized carbons (Fsp3) is 0.500. The van der Waals surface area contributed by atoms with Gasteiger partial charge in [-0.25, -0.2) is 9.78 Å². The van der Waals surface area contributed by atoms with Crippen LogP contribution in [0, 0.1) is 6.92 Å². The predicted octanol–water partition coefficient (Wildman–Crippen LogP) is 1.48. The number of hydrogen-bond acceptors (Lipinski definition) is 3. The third-order valence-electron chi connectivity index (χ3n) is 3.39. The SMILES string of the molecule is Cc1cc(C(=O)N2CCN(C(=O)N(C)C)CC2)cc(Cl)n1. The molecule has 1 aromatic heterocycles. The molecule has 1 aromatic rings. The van der Waals surface area contributed by atoms with Crippen molar-refractivity contribution in [2.24, 2.45) is 0 Å². The molecule has 114 valence electrons. The third kappa shape index (κ3) is 3.64. The maximum Gasteiger partial charge on any atom is 0.319 e. The number of amides is 3. The molecule has 21 heavy (non-hydrogen) atoms. The lowest BCUT2D eigenvalue weighted by atomic mass is 10.2. The van der Waals surface area contributed by atoms with Gasteiger partial charge < -0.3 is 14.7 Å². The third-order valence-corrected chi connectivity index (χ3v) is 3.58. The van der Waals surface area contributed by atoms with Gasteiger partial charge in [0, 0.05) is 51.5 Å². The summed E-state index contributed by atoms with van der Waals surface area (Å²) in [4.78, 5) is 33.4. The van der Waals surface area contributed by atoms with Crippen molar-refractivity contribution in [3.63, 3.8) is 0 Å². The summed E-state index contributed by atoms with van der Waals surface area (Å²) in [5, 5.41) is 0.319. The van der Waals surface area contributed by atoms with Gasteiger partial charge in [0.15, 0.2) is 0 Å². The van der Waals surface area contributed by atoms with Crippen LogP contribution in [0.3, 0.4) is 0 Å². The lowest BCUT2D eigenvalue weighted by Gasteiger charge is -2.36.